The zero-order valence-electron chi connectivity index (χ0n) is 14.8. The number of hydrogen-bond acceptors (Lipinski definition) is 7. The van der Waals surface area contributed by atoms with Gasteiger partial charge in [-0.2, -0.15) is 4.98 Å². The molecule has 0 aliphatic rings. The second-order valence-electron chi connectivity index (χ2n) is 5.61. The molecule has 0 unspecified atom stereocenters. The molecule has 1 N–H and O–H groups in total. The standard InChI is InChI=1S/C18H18N4O4S/c1-22(18(24)25-2)13-7-5-12(6-8-13)19-15(23)9-10-16-20-17(21-26-16)14-4-3-11-27-14/h3-8,11H,9-10H2,1-2H3,(H,19,23). The highest BCUT2D eigenvalue weighted by atomic mass is 32.1. The Morgan fingerprint density at radius 2 is 2.04 bits per heavy atom. The summed E-state index contributed by atoms with van der Waals surface area (Å²) in [6.45, 7) is 0. The Kier molecular flexibility index (Phi) is 5.82. The fourth-order valence-corrected chi connectivity index (χ4v) is 2.97. The normalized spacial score (nSPS) is 10.4. The molecule has 8 nitrogen and oxygen atoms in total. The SMILES string of the molecule is COC(=O)N(C)c1ccc(NC(=O)CCc2nc(-c3cccs3)no2)cc1. The predicted octanol–water partition coefficient (Wildman–Crippen LogP) is 3.57. The van der Waals surface area contributed by atoms with Crippen LogP contribution in [0.25, 0.3) is 10.7 Å². The van der Waals surface area contributed by atoms with Crippen LogP contribution in [0.3, 0.4) is 0 Å². The minimum absolute atomic E-state index is 0.167. The molecular formula is C18H18N4O4S. The molecule has 0 fully saturated rings. The number of benzene rings is 1. The van der Waals surface area contributed by atoms with Gasteiger partial charge in [0, 0.05) is 31.3 Å². The second kappa shape index (κ2) is 8.45. The van der Waals surface area contributed by atoms with Gasteiger partial charge < -0.3 is 14.6 Å². The number of anilines is 2. The Labute approximate surface area is 159 Å². The molecule has 0 saturated carbocycles. The van der Waals surface area contributed by atoms with Crippen LogP contribution in [0, 0.1) is 0 Å². The summed E-state index contributed by atoms with van der Waals surface area (Å²) in [5.41, 5.74) is 1.29. The first-order chi connectivity index (χ1) is 13.1. The first kappa shape index (κ1) is 18.6. The Bertz CT molecular complexity index is 906. The lowest BCUT2D eigenvalue weighted by Crippen LogP contribution is -2.25. The van der Waals surface area contributed by atoms with Crippen LogP contribution >= 0.6 is 11.3 Å². The van der Waals surface area contributed by atoms with Gasteiger partial charge in [-0.1, -0.05) is 11.2 Å². The summed E-state index contributed by atoms with van der Waals surface area (Å²) in [5.74, 6) is 0.786. The van der Waals surface area contributed by atoms with Gasteiger partial charge in [-0.15, -0.1) is 11.3 Å². The van der Waals surface area contributed by atoms with Gasteiger partial charge in [0.05, 0.1) is 12.0 Å². The van der Waals surface area contributed by atoms with Crippen molar-refractivity contribution in [2.24, 2.45) is 0 Å². The van der Waals surface area contributed by atoms with Crippen LogP contribution in [0.4, 0.5) is 16.2 Å². The molecule has 2 aromatic heterocycles. The average Bonchev–Trinajstić information content (AvgIpc) is 3.37. The molecule has 3 aromatic rings. The quantitative estimate of drug-likeness (QED) is 0.695. The number of carbonyl (C=O) groups is 2. The average molecular weight is 386 g/mol. The molecule has 0 saturated heterocycles. The second-order valence-corrected chi connectivity index (χ2v) is 6.56. The summed E-state index contributed by atoms with van der Waals surface area (Å²) in [7, 11) is 2.93. The maximum atomic E-state index is 12.1. The summed E-state index contributed by atoms with van der Waals surface area (Å²) >= 11 is 1.53. The van der Waals surface area contributed by atoms with Crippen molar-refractivity contribution >= 4 is 34.7 Å². The minimum atomic E-state index is -0.465. The van der Waals surface area contributed by atoms with Crippen molar-refractivity contribution in [3.05, 3.63) is 47.7 Å². The summed E-state index contributed by atoms with van der Waals surface area (Å²) in [6.07, 6.45) is 0.108. The number of rotatable bonds is 6. The van der Waals surface area contributed by atoms with Gasteiger partial charge in [-0.05, 0) is 35.7 Å². The highest BCUT2D eigenvalue weighted by Crippen LogP contribution is 2.22. The molecule has 27 heavy (non-hydrogen) atoms. The first-order valence-corrected chi connectivity index (χ1v) is 9.03. The van der Waals surface area contributed by atoms with Crippen LogP contribution in [0.2, 0.25) is 0 Å². The van der Waals surface area contributed by atoms with E-state index in [-0.39, 0.29) is 12.3 Å². The van der Waals surface area contributed by atoms with Crippen LogP contribution in [-0.4, -0.2) is 36.3 Å². The van der Waals surface area contributed by atoms with E-state index in [9.17, 15) is 9.59 Å². The van der Waals surface area contributed by atoms with Crippen molar-refractivity contribution in [1.82, 2.24) is 10.1 Å². The van der Waals surface area contributed by atoms with Crippen LogP contribution in [-0.2, 0) is 16.0 Å². The maximum Gasteiger partial charge on any atom is 0.413 e. The number of nitrogens with zero attached hydrogens (tertiary/aromatic N) is 3. The molecule has 0 aliphatic carbocycles. The topological polar surface area (TPSA) is 97.6 Å². The van der Waals surface area contributed by atoms with Crippen molar-refractivity contribution < 1.29 is 18.8 Å². The molecule has 9 heteroatoms. The number of thiophene rings is 1. The fraction of sp³-hybridized carbons (Fsp3) is 0.222. The van der Waals surface area contributed by atoms with Gasteiger partial charge in [0.1, 0.15) is 0 Å². The zero-order chi connectivity index (χ0) is 19.2. The molecule has 0 radical (unpaired) electrons. The third-order valence-corrected chi connectivity index (χ3v) is 4.63. The molecule has 2 heterocycles. The van der Waals surface area contributed by atoms with Crippen LogP contribution in [0.15, 0.2) is 46.3 Å². The molecule has 0 aliphatic heterocycles. The van der Waals surface area contributed by atoms with Crippen molar-refractivity contribution in [1.29, 1.82) is 0 Å². The van der Waals surface area contributed by atoms with E-state index in [0.29, 0.717) is 29.5 Å². The first-order valence-electron chi connectivity index (χ1n) is 8.15. The highest BCUT2D eigenvalue weighted by molar-refractivity contribution is 7.13. The predicted molar refractivity (Wildman–Crippen MR) is 102 cm³/mol. The Morgan fingerprint density at radius 3 is 2.70 bits per heavy atom. The van der Waals surface area contributed by atoms with Gasteiger partial charge in [-0.3, -0.25) is 9.69 Å². The van der Waals surface area contributed by atoms with Gasteiger partial charge in [0.25, 0.3) is 0 Å². The van der Waals surface area contributed by atoms with Gasteiger partial charge in [-0.25, -0.2) is 4.79 Å². The van der Waals surface area contributed by atoms with Crippen molar-refractivity contribution in [3.8, 4) is 10.7 Å². The number of aromatic nitrogens is 2. The summed E-state index contributed by atoms with van der Waals surface area (Å²) in [5, 5.41) is 8.65. The molecule has 1 aromatic carbocycles. The molecule has 3 rings (SSSR count). The molecule has 0 bridgehead atoms. The van der Waals surface area contributed by atoms with Crippen molar-refractivity contribution in [3.63, 3.8) is 0 Å². The molecular weight excluding hydrogens is 368 g/mol. The monoisotopic (exact) mass is 386 g/mol. The van der Waals surface area contributed by atoms with E-state index in [0.717, 1.165) is 4.88 Å². The number of amides is 2. The van der Waals surface area contributed by atoms with Gasteiger partial charge in [0.2, 0.25) is 17.6 Å². The fourth-order valence-electron chi connectivity index (χ4n) is 2.32. The third kappa shape index (κ3) is 4.70. The van der Waals surface area contributed by atoms with E-state index in [1.807, 2.05) is 17.5 Å². The number of carbonyl (C=O) groups excluding carboxylic acids is 2. The Balaban J connectivity index is 1.51. The molecule has 140 valence electrons. The minimum Gasteiger partial charge on any atom is -0.452 e. The van der Waals surface area contributed by atoms with E-state index in [2.05, 4.69) is 20.2 Å². The van der Waals surface area contributed by atoms with E-state index < -0.39 is 6.09 Å². The molecule has 0 spiro atoms. The van der Waals surface area contributed by atoms with Crippen molar-refractivity contribution in [2.45, 2.75) is 12.8 Å². The van der Waals surface area contributed by atoms with E-state index in [1.165, 1.54) is 23.3 Å². The number of methoxy groups -OCH3 is 1. The van der Waals surface area contributed by atoms with Crippen LogP contribution in [0.1, 0.15) is 12.3 Å². The van der Waals surface area contributed by atoms with Gasteiger partial charge in [0.15, 0.2) is 0 Å². The summed E-state index contributed by atoms with van der Waals surface area (Å²) in [4.78, 5) is 30.2. The maximum absolute atomic E-state index is 12.1. The number of ether oxygens (including phenoxy) is 1. The Morgan fingerprint density at radius 1 is 1.26 bits per heavy atom. The van der Waals surface area contributed by atoms with E-state index in [1.54, 1.807) is 31.3 Å². The number of aryl methyl sites for hydroxylation is 1. The summed E-state index contributed by atoms with van der Waals surface area (Å²) < 4.78 is 9.84. The lowest BCUT2D eigenvalue weighted by molar-refractivity contribution is -0.116. The van der Waals surface area contributed by atoms with Crippen LogP contribution in [0.5, 0.6) is 0 Å². The van der Waals surface area contributed by atoms with Crippen LogP contribution < -0.4 is 10.2 Å². The van der Waals surface area contributed by atoms with Gasteiger partial charge >= 0.3 is 6.09 Å². The zero-order valence-corrected chi connectivity index (χ0v) is 15.7. The third-order valence-electron chi connectivity index (χ3n) is 3.76. The van der Waals surface area contributed by atoms with E-state index in [4.69, 9.17) is 4.52 Å². The van der Waals surface area contributed by atoms with E-state index >= 15 is 0 Å². The highest BCUT2D eigenvalue weighted by Gasteiger charge is 2.13. The number of hydrogen-bond donors (Lipinski definition) is 1. The summed E-state index contributed by atoms with van der Waals surface area (Å²) in [6, 6.07) is 10.7. The molecule has 2 amide bonds. The van der Waals surface area contributed by atoms with Crippen molar-refractivity contribution in [2.75, 3.05) is 24.4 Å². The largest absolute Gasteiger partial charge is 0.452 e. The lowest BCUT2D eigenvalue weighted by Gasteiger charge is -2.15. The number of nitrogens with one attached hydrogen (secondary N) is 1. The molecule has 0 atom stereocenters. The smallest absolute Gasteiger partial charge is 0.413 e. The lowest BCUT2D eigenvalue weighted by atomic mass is 10.2. The Hall–Kier alpha value is -3.20.